The first-order chi connectivity index (χ1) is 11.6. The van der Waals surface area contributed by atoms with Crippen molar-refractivity contribution >= 4 is 5.78 Å². The second kappa shape index (κ2) is 5.52. The first kappa shape index (κ1) is 15.0. The highest BCUT2D eigenvalue weighted by Gasteiger charge is 2.42. The van der Waals surface area contributed by atoms with Crippen molar-refractivity contribution in [1.29, 1.82) is 0 Å². The van der Waals surface area contributed by atoms with Gasteiger partial charge in [-0.15, -0.1) is 0 Å². The van der Waals surface area contributed by atoms with Crippen LogP contribution in [0, 0.1) is 0 Å². The summed E-state index contributed by atoms with van der Waals surface area (Å²) in [5.74, 6) is 0.779. The first-order valence-corrected chi connectivity index (χ1v) is 8.41. The minimum Gasteiger partial charge on any atom is -0.508 e. The van der Waals surface area contributed by atoms with Crippen molar-refractivity contribution in [3.05, 3.63) is 70.8 Å². The van der Waals surface area contributed by atoms with Crippen LogP contribution in [0.5, 0.6) is 11.5 Å². The fourth-order valence-corrected chi connectivity index (χ4v) is 4.30. The number of phenols is 2. The Morgan fingerprint density at radius 3 is 2.46 bits per heavy atom. The maximum atomic E-state index is 12.0. The van der Waals surface area contributed by atoms with E-state index in [1.807, 2.05) is 30.3 Å². The zero-order valence-electron chi connectivity index (χ0n) is 13.5. The number of hydrogen-bond donors (Lipinski definition) is 2. The maximum absolute atomic E-state index is 12.0. The SMILES string of the molecule is O=C1C=C2CCc3cc(O)ccc3C2(Cc2ccc(O)cc2)CC1. The van der Waals surface area contributed by atoms with Crippen molar-refractivity contribution in [2.45, 2.75) is 37.5 Å². The number of aromatic hydroxyl groups is 2. The number of hydrogen-bond acceptors (Lipinski definition) is 3. The molecule has 1 atom stereocenters. The minimum absolute atomic E-state index is 0.174. The van der Waals surface area contributed by atoms with Crippen molar-refractivity contribution in [3.63, 3.8) is 0 Å². The van der Waals surface area contributed by atoms with Gasteiger partial charge in [0.2, 0.25) is 0 Å². The quantitative estimate of drug-likeness (QED) is 0.884. The molecule has 0 amide bonds. The molecule has 0 spiro atoms. The zero-order valence-corrected chi connectivity index (χ0v) is 13.5. The normalized spacial score (nSPS) is 22.5. The van der Waals surface area contributed by atoms with Crippen molar-refractivity contribution < 1.29 is 15.0 Å². The Bertz CT molecular complexity index is 833. The molecule has 2 aliphatic carbocycles. The third kappa shape index (κ3) is 2.41. The molecule has 0 bridgehead atoms. The molecule has 24 heavy (non-hydrogen) atoms. The van der Waals surface area contributed by atoms with Crippen LogP contribution in [0.2, 0.25) is 0 Å². The molecule has 2 N–H and O–H groups in total. The van der Waals surface area contributed by atoms with E-state index in [9.17, 15) is 15.0 Å². The predicted molar refractivity (Wildman–Crippen MR) is 92.2 cm³/mol. The summed E-state index contributed by atoms with van der Waals surface area (Å²) in [6, 6.07) is 13.0. The van der Waals surface area contributed by atoms with Crippen LogP contribution in [0.15, 0.2) is 54.1 Å². The van der Waals surface area contributed by atoms with Crippen LogP contribution in [0.4, 0.5) is 0 Å². The lowest BCUT2D eigenvalue weighted by atomic mass is 9.59. The van der Waals surface area contributed by atoms with E-state index in [0.717, 1.165) is 31.2 Å². The van der Waals surface area contributed by atoms with E-state index in [1.165, 1.54) is 16.7 Å². The second-order valence-corrected chi connectivity index (χ2v) is 6.90. The summed E-state index contributed by atoms with van der Waals surface area (Å²) in [4.78, 5) is 12.0. The lowest BCUT2D eigenvalue weighted by molar-refractivity contribution is -0.115. The fraction of sp³-hybridized carbons (Fsp3) is 0.286. The lowest BCUT2D eigenvalue weighted by Gasteiger charge is -2.44. The lowest BCUT2D eigenvalue weighted by Crippen LogP contribution is -2.39. The van der Waals surface area contributed by atoms with Crippen LogP contribution in [0.1, 0.15) is 36.0 Å². The molecule has 3 heteroatoms. The van der Waals surface area contributed by atoms with Crippen molar-refractivity contribution in [3.8, 4) is 11.5 Å². The van der Waals surface area contributed by atoms with Gasteiger partial charge in [0.25, 0.3) is 0 Å². The van der Waals surface area contributed by atoms with Gasteiger partial charge in [-0.05, 0) is 72.7 Å². The molecule has 3 nitrogen and oxygen atoms in total. The van der Waals surface area contributed by atoms with E-state index < -0.39 is 0 Å². The highest BCUT2D eigenvalue weighted by molar-refractivity contribution is 5.92. The molecule has 2 aromatic rings. The minimum atomic E-state index is -0.174. The van der Waals surface area contributed by atoms with Crippen LogP contribution in [0.3, 0.4) is 0 Å². The molecular formula is C21H20O3. The van der Waals surface area contributed by atoms with Crippen LogP contribution < -0.4 is 0 Å². The van der Waals surface area contributed by atoms with Crippen molar-refractivity contribution in [2.75, 3.05) is 0 Å². The number of phenolic OH excluding ortho intramolecular Hbond substituents is 2. The number of aryl methyl sites for hydroxylation is 1. The molecule has 0 heterocycles. The van der Waals surface area contributed by atoms with Gasteiger partial charge in [-0.3, -0.25) is 4.79 Å². The predicted octanol–water partition coefficient (Wildman–Crippen LogP) is 3.81. The summed E-state index contributed by atoms with van der Waals surface area (Å²) in [7, 11) is 0. The molecule has 2 aliphatic rings. The topological polar surface area (TPSA) is 57.5 Å². The van der Waals surface area contributed by atoms with Gasteiger partial charge in [0.1, 0.15) is 11.5 Å². The molecular weight excluding hydrogens is 300 g/mol. The maximum Gasteiger partial charge on any atom is 0.155 e. The third-order valence-electron chi connectivity index (χ3n) is 5.46. The van der Waals surface area contributed by atoms with Crippen LogP contribution in [0.25, 0.3) is 0 Å². The summed E-state index contributed by atoms with van der Waals surface area (Å²) in [5, 5.41) is 19.4. The average molecular weight is 320 g/mol. The van der Waals surface area contributed by atoms with E-state index >= 15 is 0 Å². The van der Waals surface area contributed by atoms with Crippen molar-refractivity contribution in [2.24, 2.45) is 0 Å². The van der Waals surface area contributed by atoms with Crippen LogP contribution >= 0.6 is 0 Å². The highest BCUT2D eigenvalue weighted by Crippen LogP contribution is 2.49. The summed E-state index contributed by atoms with van der Waals surface area (Å²) in [6.45, 7) is 0. The van der Waals surface area contributed by atoms with Crippen LogP contribution in [-0.4, -0.2) is 16.0 Å². The van der Waals surface area contributed by atoms with E-state index in [4.69, 9.17) is 0 Å². The number of allylic oxidation sites excluding steroid dienone is 2. The van der Waals surface area contributed by atoms with E-state index in [0.29, 0.717) is 12.2 Å². The van der Waals surface area contributed by atoms with Gasteiger partial charge >= 0.3 is 0 Å². The molecule has 122 valence electrons. The standard InChI is InChI=1S/C21H20O3/c22-17-5-1-14(2-6-17)13-21-10-9-19(24)12-16(21)4-3-15-11-18(23)7-8-20(15)21/h1-2,5-8,11-12,22-23H,3-4,9-10,13H2. The van der Waals surface area contributed by atoms with E-state index in [2.05, 4.69) is 0 Å². The first-order valence-electron chi connectivity index (χ1n) is 8.41. The molecule has 0 aromatic heterocycles. The van der Waals surface area contributed by atoms with Crippen LogP contribution in [-0.2, 0) is 23.1 Å². The Hall–Kier alpha value is -2.55. The largest absolute Gasteiger partial charge is 0.508 e. The zero-order chi connectivity index (χ0) is 16.7. The molecule has 1 unspecified atom stereocenters. The molecule has 0 aliphatic heterocycles. The van der Waals surface area contributed by atoms with Crippen molar-refractivity contribution in [1.82, 2.24) is 0 Å². The van der Waals surface area contributed by atoms with Gasteiger partial charge < -0.3 is 10.2 Å². The van der Waals surface area contributed by atoms with Gasteiger partial charge in [-0.1, -0.05) is 23.8 Å². The number of benzene rings is 2. The summed E-state index contributed by atoms with van der Waals surface area (Å²) in [6.07, 6.45) is 5.74. The highest BCUT2D eigenvalue weighted by atomic mass is 16.3. The number of carbonyl (C=O) groups is 1. The summed E-state index contributed by atoms with van der Waals surface area (Å²) < 4.78 is 0. The number of carbonyl (C=O) groups excluding carboxylic acids is 1. The molecule has 0 radical (unpaired) electrons. The summed E-state index contributed by atoms with van der Waals surface area (Å²) in [5.41, 5.74) is 4.60. The molecule has 0 saturated carbocycles. The monoisotopic (exact) mass is 320 g/mol. The van der Waals surface area contributed by atoms with E-state index in [-0.39, 0.29) is 16.9 Å². The third-order valence-corrected chi connectivity index (χ3v) is 5.46. The van der Waals surface area contributed by atoms with Gasteiger partial charge in [0.15, 0.2) is 5.78 Å². The van der Waals surface area contributed by atoms with Gasteiger partial charge in [-0.2, -0.15) is 0 Å². The van der Waals surface area contributed by atoms with Gasteiger partial charge in [0, 0.05) is 11.8 Å². The smallest absolute Gasteiger partial charge is 0.155 e. The Morgan fingerprint density at radius 1 is 0.917 bits per heavy atom. The molecule has 0 fully saturated rings. The number of rotatable bonds is 2. The number of fused-ring (bicyclic) bond motifs is 3. The average Bonchev–Trinajstić information content (AvgIpc) is 2.57. The Labute approximate surface area is 141 Å². The number of ketones is 1. The Balaban J connectivity index is 1.85. The molecule has 0 saturated heterocycles. The van der Waals surface area contributed by atoms with Gasteiger partial charge in [-0.25, -0.2) is 0 Å². The second-order valence-electron chi connectivity index (χ2n) is 6.90. The Kier molecular flexibility index (Phi) is 3.45. The Morgan fingerprint density at radius 2 is 1.67 bits per heavy atom. The summed E-state index contributed by atoms with van der Waals surface area (Å²) >= 11 is 0. The fourth-order valence-electron chi connectivity index (χ4n) is 4.30. The van der Waals surface area contributed by atoms with Gasteiger partial charge in [0.05, 0.1) is 0 Å². The molecule has 2 aromatic carbocycles. The van der Waals surface area contributed by atoms with E-state index in [1.54, 1.807) is 18.2 Å². The molecule has 4 rings (SSSR count).